The molecule has 2 fully saturated rings. The van der Waals surface area contributed by atoms with Gasteiger partial charge in [0.1, 0.15) is 11.4 Å². The smallest absolute Gasteiger partial charge is 0.309 e. The highest BCUT2D eigenvalue weighted by atomic mass is 16.5. The van der Waals surface area contributed by atoms with E-state index in [9.17, 15) is 9.59 Å². The second-order valence-electron chi connectivity index (χ2n) is 8.31. The molecule has 3 heterocycles. The third kappa shape index (κ3) is 4.70. The number of aryl methyl sites for hydroxylation is 1. The van der Waals surface area contributed by atoms with Crippen molar-refractivity contribution in [2.24, 2.45) is 5.92 Å². The van der Waals surface area contributed by atoms with Gasteiger partial charge in [0.05, 0.1) is 12.5 Å². The van der Waals surface area contributed by atoms with E-state index < -0.39 is 0 Å². The maximum Gasteiger partial charge on any atom is 0.309 e. The summed E-state index contributed by atoms with van der Waals surface area (Å²) in [5.41, 5.74) is 2.65. The van der Waals surface area contributed by atoms with Crippen LogP contribution in [0.15, 0.2) is 30.5 Å². The van der Waals surface area contributed by atoms with Gasteiger partial charge in [0, 0.05) is 37.9 Å². The van der Waals surface area contributed by atoms with E-state index in [1.165, 1.54) is 0 Å². The number of anilines is 1. The Bertz CT molecular complexity index is 948. The molecule has 2 aliphatic rings. The van der Waals surface area contributed by atoms with Crippen LogP contribution in [0.4, 0.5) is 5.82 Å². The Labute approximate surface area is 183 Å². The molecule has 7 heteroatoms. The standard InChI is InChI=1S/C24H30N4O3/c1-3-31-24(30)18-9-13-28(14-10-18)23(29)20-16-25-21(19-8-6-7-17(2)15-19)26-22(20)27-11-4-5-12-27/h6-8,15-16,18H,3-5,9-14H2,1-2H3. The molecule has 0 N–H and O–H groups in total. The van der Waals surface area contributed by atoms with Gasteiger partial charge >= 0.3 is 5.97 Å². The summed E-state index contributed by atoms with van der Waals surface area (Å²) in [7, 11) is 0. The maximum absolute atomic E-state index is 13.4. The number of carbonyl (C=O) groups is 2. The molecule has 0 bridgehead atoms. The number of amides is 1. The largest absolute Gasteiger partial charge is 0.466 e. The van der Waals surface area contributed by atoms with Gasteiger partial charge in [-0.15, -0.1) is 0 Å². The van der Waals surface area contributed by atoms with Crippen LogP contribution in [-0.4, -0.2) is 59.5 Å². The van der Waals surface area contributed by atoms with Crippen LogP contribution in [0.2, 0.25) is 0 Å². The van der Waals surface area contributed by atoms with Gasteiger partial charge in [-0.3, -0.25) is 9.59 Å². The van der Waals surface area contributed by atoms with E-state index in [0.717, 1.165) is 42.9 Å². The van der Waals surface area contributed by atoms with Gasteiger partial charge in [-0.2, -0.15) is 0 Å². The second-order valence-corrected chi connectivity index (χ2v) is 8.31. The molecule has 2 saturated heterocycles. The van der Waals surface area contributed by atoms with Gasteiger partial charge in [-0.25, -0.2) is 9.97 Å². The van der Waals surface area contributed by atoms with Crippen LogP contribution in [0.3, 0.4) is 0 Å². The predicted molar refractivity (Wildman–Crippen MR) is 119 cm³/mol. The average Bonchev–Trinajstić information content (AvgIpc) is 3.33. The van der Waals surface area contributed by atoms with Crippen molar-refractivity contribution < 1.29 is 14.3 Å². The summed E-state index contributed by atoms with van der Waals surface area (Å²) in [4.78, 5) is 38.8. The second kappa shape index (κ2) is 9.45. The van der Waals surface area contributed by atoms with Crippen molar-refractivity contribution in [3.8, 4) is 11.4 Å². The first-order chi connectivity index (χ1) is 15.1. The highest BCUT2D eigenvalue weighted by molar-refractivity contribution is 5.99. The molecule has 0 aliphatic carbocycles. The number of ether oxygens (including phenoxy) is 1. The topological polar surface area (TPSA) is 75.6 Å². The zero-order chi connectivity index (χ0) is 21.8. The molecule has 4 rings (SSSR count). The molecule has 0 unspecified atom stereocenters. The molecule has 0 saturated carbocycles. The third-order valence-electron chi connectivity index (χ3n) is 6.08. The zero-order valence-electron chi connectivity index (χ0n) is 18.3. The summed E-state index contributed by atoms with van der Waals surface area (Å²) in [6.45, 7) is 7.13. The van der Waals surface area contributed by atoms with Gasteiger partial charge < -0.3 is 14.5 Å². The molecule has 164 valence electrons. The van der Waals surface area contributed by atoms with Crippen molar-refractivity contribution in [1.82, 2.24) is 14.9 Å². The highest BCUT2D eigenvalue weighted by Crippen LogP contribution is 2.28. The molecule has 1 aromatic heterocycles. The van der Waals surface area contributed by atoms with E-state index in [1.54, 1.807) is 6.20 Å². The molecule has 31 heavy (non-hydrogen) atoms. The Morgan fingerprint density at radius 2 is 1.87 bits per heavy atom. The van der Waals surface area contributed by atoms with Crippen molar-refractivity contribution >= 4 is 17.7 Å². The molecule has 0 radical (unpaired) electrons. The zero-order valence-corrected chi connectivity index (χ0v) is 18.3. The fraction of sp³-hybridized carbons (Fsp3) is 0.500. The fourth-order valence-electron chi connectivity index (χ4n) is 4.37. The summed E-state index contributed by atoms with van der Waals surface area (Å²) >= 11 is 0. The van der Waals surface area contributed by atoms with Crippen LogP contribution in [0, 0.1) is 12.8 Å². The van der Waals surface area contributed by atoms with Crippen LogP contribution in [0.1, 0.15) is 48.5 Å². The molecule has 0 atom stereocenters. The quantitative estimate of drug-likeness (QED) is 0.687. The number of carbonyl (C=O) groups excluding carboxylic acids is 2. The van der Waals surface area contributed by atoms with Crippen molar-refractivity contribution in [2.75, 3.05) is 37.7 Å². The first-order valence-corrected chi connectivity index (χ1v) is 11.2. The molecule has 7 nitrogen and oxygen atoms in total. The lowest BCUT2D eigenvalue weighted by molar-refractivity contribution is -0.149. The molecule has 2 aliphatic heterocycles. The van der Waals surface area contributed by atoms with Crippen molar-refractivity contribution in [1.29, 1.82) is 0 Å². The van der Waals surface area contributed by atoms with Gasteiger partial charge in [0.25, 0.3) is 5.91 Å². The number of nitrogens with zero attached hydrogens (tertiary/aromatic N) is 4. The van der Waals surface area contributed by atoms with Crippen molar-refractivity contribution in [3.63, 3.8) is 0 Å². The van der Waals surface area contributed by atoms with Gasteiger partial charge in [-0.05, 0) is 45.6 Å². The number of esters is 1. The molecule has 1 aromatic carbocycles. The number of hydrogen-bond acceptors (Lipinski definition) is 6. The van der Waals surface area contributed by atoms with Crippen LogP contribution in [-0.2, 0) is 9.53 Å². The van der Waals surface area contributed by atoms with E-state index in [0.29, 0.717) is 43.9 Å². The predicted octanol–water partition coefficient (Wildman–Crippen LogP) is 3.47. The van der Waals surface area contributed by atoms with Crippen LogP contribution in [0.25, 0.3) is 11.4 Å². The molecular weight excluding hydrogens is 392 g/mol. The Morgan fingerprint density at radius 3 is 2.55 bits per heavy atom. The fourth-order valence-corrected chi connectivity index (χ4v) is 4.37. The summed E-state index contributed by atoms with van der Waals surface area (Å²) < 4.78 is 5.14. The van der Waals surface area contributed by atoms with Crippen molar-refractivity contribution in [3.05, 3.63) is 41.6 Å². The average molecular weight is 423 g/mol. The molecule has 0 spiro atoms. The minimum Gasteiger partial charge on any atom is -0.466 e. The number of aromatic nitrogens is 2. The third-order valence-corrected chi connectivity index (χ3v) is 6.08. The highest BCUT2D eigenvalue weighted by Gasteiger charge is 2.31. The van der Waals surface area contributed by atoms with E-state index in [4.69, 9.17) is 9.72 Å². The Balaban J connectivity index is 1.57. The van der Waals surface area contributed by atoms with Crippen LogP contribution < -0.4 is 4.90 Å². The van der Waals surface area contributed by atoms with E-state index in [-0.39, 0.29) is 17.8 Å². The van der Waals surface area contributed by atoms with Crippen LogP contribution >= 0.6 is 0 Å². The van der Waals surface area contributed by atoms with Gasteiger partial charge in [0.15, 0.2) is 5.82 Å². The molecular formula is C24H30N4O3. The number of piperidine rings is 1. The van der Waals surface area contributed by atoms with Gasteiger partial charge in [0.2, 0.25) is 0 Å². The lowest BCUT2D eigenvalue weighted by Crippen LogP contribution is -2.41. The first-order valence-electron chi connectivity index (χ1n) is 11.2. The number of likely N-dealkylation sites (tertiary alicyclic amines) is 1. The monoisotopic (exact) mass is 422 g/mol. The number of benzene rings is 1. The van der Waals surface area contributed by atoms with E-state index in [1.807, 2.05) is 36.9 Å². The minimum atomic E-state index is -0.154. The number of hydrogen-bond donors (Lipinski definition) is 0. The molecule has 2 aromatic rings. The lowest BCUT2D eigenvalue weighted by atomic mass is 9.96. The van der Waals surface area contributed by atoms with Crippen LogP contribution in [0.5, 0.6) is 0 Å². The Morgan fingerprint density at radius 1 is 1.13 bits per heavy atom. The Hall–Kier alpha value is -2.96. The first kappa shape index (κ1) is 21.3. The minimum absolute atomic E-state index is 0.0556. The summed E-state index contributed by atoms with van der Waals surface area (Å²) in [5, 5.41) is 0. The van der Waals surface area contributed by atoms with E-state index >= 15 is 0 Å². The summed E-state index contributed by atoms with van der Waals surface area (Å²) in [6, 6.07) is 8.10. The van der Waals surface area contributed by atoms with Crippen molar-refractivity contribution in [2.45, 2.75) is 39.5 Å². The van der Waals surface area contributed by atoms with E-state index in [2.05, 4.69) is 16.0 Å². The maximum atomic E-state index is 13.4. The number of rotatable bonds is 5. The Kier molecular flexibility index (Phi) is 6.49. The molecule has 1 amide bonds. The normalized spacial score (nSPS) is 17.1. The van der Waals surface area contributed by atoms with Gasteiger partial charge in [-0.1, -0.05) is 23.8 Å². The SMILES string of the molecule is CCOC(=O)C1CCN(C(=O)c2cnc(-c3cccc(C)c3)nc2N2CCCC2)CC1. The lowest BCUT2D eigenvalue weighted by Gasteiger charge is -2.31. The summed E-state index contributed by atoms with van der Waals surface area (Å²) in [6.07, 6.45) is 5.14. The summed E-state index contributed by atoms with van der Waals surface area (Å²) in [5.74, 6) is 1.03.